The fourth-order valence-electron chi connectivity index (χ4n) is 3.20. The average Bonchev–Trinajstić information content (AvgIpc) is 3.22. The van der Waals surface area contributed by atoms with Crippen LogP contribution in [0.3, 0.4) is 0 Å². The van der Waals surface area contributed by atoms with E-state index in [-0.39, 0.29) is 30.6 Å². The minimum atomic E-state index is -0.456. The number of H-pyrrole nitrogens is 1. The number of aromatic amines is 1. The molecule has 1 amide bonds. The minimum Gasteiger partial charge on any atom is -0.497 e. The highest BCUT2D eigenvalue weighted by Gasteiger charge is 2.17. The summed E-state index contributed by atoms with van der Waals surface area (Å²) >= 11 is 1.30. The zero-order valence-corrected chi connectivity index (χ0v) is 17.8. The molecule has 1 aromatic carbocycles. The number of ether oxygens (including phenoxy) is 4. The maximum absolute atomic E-state index is 12.6. The molecule has 0 bridgehead atoms. The van der Waals surface area contributed by atoms with Gasteiger partial charge in [0, 0.05) is 12.1 Å². The molecule has 0 aliphatic carbocycles. The Morgan fingerprint density at radius 2 is 2.29 bits per heavy atom. The van der Waals surface area contributed by atoms with Gasteiger partial charge in [-0.15, -0.1) is 11.3 Å². The molecule has 1 saturated heterocycles. The smallest absolute Gasteiger partial charge is 0.287 e. The number of rotatable bonds is 8. The lowest BCUT2D eigenvalue weighted by atomic mass is 10.2. The number of benzene rings is 1. The number of amides is 1. The van der Waals surface area contributed by atoms with Crippen molar-refractivity contribution in [3.8, 4) is 5.75 Å². The van der Waals surface area contributed by atoms with Gasteiger partial charge < -0.3 is 29.2 Å². The van der Waals surface area contributed by atoms with Crippen molar-refractivity contribution in [3.05, 3.63) is 57.0 Å². The van der Waals surface area contributed by atoms with Crippen LogP contribution in [0, 0.1) is 0 Å². The Hall–Kier alpha value is -2.79. The standard InChI is InChI=1S/C21H23N3O6S/c1-27-15-4-2-3-13(7-15)8-22-20(26)18-23-19(25)17-14(12-31-21(17)24-18)9-29-11-16-10-28-5-6-30-16/h2-4,7,12,16H,5-6,8-11H2,1H3,(H,22,26)(H,23,24,25). The number of nitrogens with zero attached hydrogens (tertiary/aromatic N) is 1. The topological polar surface area (TPSA) is 112 Å². The molecule has 0 spiro atoms. The van der Waals surface area contributed by atoms with Crippen LogP contribution in [0.15, 0.2) is 34.4 Å². The summed E-state index contributed by atoms with van der Waals surface area (Å²) < 4.78 is 21.8. The van der Waals surface area contributed by atoms with Gasteiger partial charge in [-0.05, 0) is 23.1 Å². The summed E-state index contributed by atoms with van der Waals surface area (Å²) in [7, 11) is 1.58. The van der Waals surface area contributed by atoms with Gasteiger partial charge in [-0.2, -0.15) is 0 Å². The lowest BCUT2D eigenvalue weighted by molar-refractivity contribution is -0.117. The Morgan fingerprint density at radius 3 is 3.10 bits per heavy atom. The van der Waals surface area contributed by atoms with Gasteiger partial charge in [-0.25, -0.2) is 4.98 Å². The molecule has 1 unspecified atom stereocenters. The number of nitrogens with one attached hydrogen (secondary N) is 2. The van der Waals surface area contributed by atoms with Crippen molar-refractivity contribution in [1.29, 1.82) is 0 Å². The van der Waals surface area contributed by atoms with Crippen LogP contribution < -0.4 is 15.6 Å². The summed E-state index contributed by atoms with van der Waals surface area (Å²) in [4.78, 5) is 32.5. The van der Waals surface area contributed by atoms with Crippen LogP contribution in [-0.4, -0.2) is 55.5 Å². The molecule has 0 radical (unpaired) electrons. The van der Waals surface area contributed by atoms with Gasteiger partial charge in [-0.1, -0.05) is 12.1 Å². The van der Waals surface area contributed by atoms with Crippen LogP contribution in [0.25, 0.3) is 10.2 Å². The minimum absolute atomic E-state index is 0.0255. The van der Waals surface area contributed by atoms with Crippen LogP contribution in [-0.2, 0) is 27.4 Å². The van der Waals surface area contributed by atoms with E-state index in [1.54, 1.807) is 7.11 Å². The van der Waals surface area contributed by atoms with E-state index < -0.39 is 5.91 Å². The van der Waals surface area contributed by atoms with Crippen molar-refractivity contribution < 1.29 is 23.7 Å². The van der Waals surface area contributed by atoms with Gasteiger partial charge in [0.1, 0.15) is 16.7 Å². The zero-order valence-electron chi connectivity index (χ0n) is 17.0. The van der Waals surface area contributed by atoms with Gasteiger partial charge in [0.2, 0.25) is 5.82 Å². The molecule has 10 heteroatoms. The van der Waals surface area contributed by atoms with E-state index in [9.17, 15) is 9.59 Å². The van der Waals surface area contributed by atoms with Crippen molar-refractivity contribution in [2.45, 2.75) is 19.3 Å². The largest absolute Gasteiger partial charge is 0.497 e. The highest BCUT2D eigenvalue weighted by Crippen LogP contribution is 2.22. The van der Waals surface area contributed by atoms with E-state index in [4.69, 9.17) is 18.9 Å². The predicted molar refractivity (Wildman–Crippen MR) is 115 cm³/mol. The second kappa shape index (κ2) is 10.0. The number of carbonyl (C=O) groups is 1. The maximum Gasteiger partial charge on any atom is 0.287 e. The quantitative estimate of drug-likeness (QED) is 0.544. The lowest BCUT2D eigenvalue weighted by Gasteiger charge is -2.22. The molecular weight excluding hydrogens is 422 g/mol. The van der Waals surface area contributed by atoms with Gasteiger partial charge in [0.05, 0.1) is 45.5 Å². The third-order valence-electron chi connectivity index (χ3n) is 4.77. The Kier molecular flexibility index (Phi) is 6.92. The number of aromatic nitrogens is 2. The normalized spacial score (nSPS) is 16.4. The first-order valence-electron chi connectivity index (χ1n) is 9.82. The van der Waals surface area contributed by atoms with E-state index in [1.807, 2.05) is 29.6 Å². The highest BCUT2D eigenvalue weighted by atomic mass is 32.1. The number of thiophene rings is 1. The fourth-order valence-corrected chi connectivity index (χ4v) is 4.13. The number of hydrogen-bond donors (Lipinski definition) is 2. The molecule has 164 valence electrons. The SMILES string of the molecule is COc1cccc(CNC(=O)c2nc3scc(COCC4COCCO4)c3c(=O)[nH]2)c1. The first kappa shape index (κ1) is 21.4. The van der Waals surface area contributed by atoms with Crippen LogP contribution in [0.5, 0.6) is 5.75 Å². The Balaban J connectivity index is 1.40. The molecule has 2 aromatic heterocycles. The first-order chi connectivity index (χ1) is 15.1. The molecule has 3 heterocycles. The van der Waals surface area contributed by atoms with Crippen molar-refractivity contribution in [2.75, 3.05) is 33.5 Å². The average molecular weight is 445 g/mol. The monoisotopic (exact) mass is 445 g/mol. The third kappa shape index (κ3) is 5.28. The first-order valence-corrected chi connectivity index (χ1v) is 10.7. The van der Waals surface area contributed by atoms with Crippen molar-refractivity contribution in [1.82, 2.24) is 15.3 Å². The number of carbonyl (C=O) groups excluding carboxylic acids is 1. The summed E-state index contributed by atoms with van der Waals surface area (Å²) in [5.74, 6) is 0.223. The van der Waals surface area contributed by atoms with Crippen LogP contribution in [0.4, 0.5) is 0 Å². The van der Waals surface area contributed by atoms with Crippen LogP contribution in [0.2, 0.25) is 0 Å². The van der Waals surface area contributed by atoms with Gasteiger partial charge in [0.25, 0.3) is 11.5 Å². The molecule has 9 nitrogen and oxygen atoms in total. The van der Waals surface area contributed by atoms with Crippen LogP contribution in [0.1, 0.15) is 21.7 Å². The molecule has 0 saturated carbocycles. The second-order valence-corrected chi connectivity index (χ2v) is 7.83. The molecular formula is C21H23N3O6S. The number of fused-ring (bicyclic) bond motifs is 1. The molecule has 3 aromatic rings. The molecule has 4 rings (SSSR count). The molecule has 1 atom stereocenters. The summed E-state index contributed by atoms with van der Waals surface area (Å²) in [6, 6.07) is 7.37. The van der Waals surface area contributed by atoms with Crippen molar-refractivity contribution in [2.24, 2.45) is 0 Å². The Bertz CT molecular complexity index is 1110. The highest BCUT2D eigenvalue weighted by molar-refractivity contribution is 7.16. The molecule has 2 N–H and O–H groups in total. The van der Waals surface area contributed by atoms with Gasteiger partial charge in [-0.3, -0.25) is 9.59 Å². The summed E-state index contributed by atoms with van der Waals surface area (Å²) in [6.45, 7) is 2.58. The van der Waals surface area contributed by atoms with E-state index in [0.717, 1.165) is 11.1 Å². The lowest BCUT2D eigenvalue weighted by Crippen LogP contribution is -2.32. The Morgan fingerprint density at radius 1 is 1.39 bits per heavy atom. The van der Waals surface area contributed by atoms with Gasteiger partial charge >= 0.3 is 0 Å². The number of methoxy groups -OCH3 is 1. The molecule has 1 fully saturated rings. The van der Waals surface area contributed by atoms with Gasteiger partial charge in [0.15, 0.2) is 0 Å². The second-order valence-electron chi connectivity index (χ2n) is 6.97. The number of hydrogen-bond acceptors (Lipinski definition) is 8. The van der Waals surface area contributed by atoms with E-state index in [0.29, 0.717) is 42.4 Å². The molecule has 31 heavy (non-hydrogen) atoms. The van der Waals surface area contributed by atoms with E-state index in [1.165, 1.54) is 11.3 Å². The Labute approximate surface area is 182 Å². The maximum atomic E-state index is 12.6. The zero-order chi connectivity index (χ0) is 21.6. The van der Waals surface area contributed by atoms with Crippen molar-refractivity contribution >= 4 is 27.5 Å². The third-order valence-corrected chi connectivity index (χ3v) is 5.69. The summed E-state index contributed by atoms with van der Waals surface area (Å²) in [6.07, 6.45) is -0.102. The predicted octanol–water partition coefficient (Wildman–Crippen LogP) is 1.86. The van der Waals surface area contributed by atoms with E-state index >= 15 is 0 Å². The summed E-state index contributed by atoms with van der Waals surface area (Å²) in [5.41, 5.74) is 1.24. The van der Waals surface area contributed by atoms with Crippen molar-refractivity contribution in [3.63, 3.8) is 0 Å². The molecule has 1 aliphatic heterocycles. The van der Waals surface area contributed by atoms with E-state index in [2.05, 4.69) is 15.3 Å². The molecule has 1 aliphatic rings. The van der Waals surface area contributed by atoms with Crippen LogP contribution >= 0.6 is 11.3 Å². The fraction of sp³-hybridized carbons (Fsp3) is 0.381. The summed E-state index contributed by atoms with van der Waals surface area (Å²) in [5, 5.41) is 5.03.